The molecule has 6 heteroatoms. The van der Waals surface area contributed by atoms with Crippen molar-refractivity contribution >= 4 is 23.1 Å². The molecule has 0 radical (unpaired) electrons. The third-order valence-corrected chi connectivity index (χ3v) is 4.96. The number of hydrogen-bond donors (Lipinski definition) is 0. The van der Waals surface area contributed by atoms with Crippen molar-refractivity contribution in [3.05, 3.63) is 21.6 Å². The van der Waals surface area contributed by atoms with Crippen molar-refractivity contribution in [1.82, 2.24) is 14.7 Å². The van der Waals surface area contributed by atoms with E-state index >= 15 is 0 Å². The van der Waals surface area contributed by atoms with Gasteiger partial charge in [-0.3, -0.25) is 0 Å². The maximum atomic E-state index is 4.42. The normalized spacial score (nSPS) is 13.2. The Morgan fingerprint density at radius 2 is 2.12 bits per heavy atom. The molecule has 4 nitrogen and oxygen atoms in total. The minimum absolute atomic E-state index is 0.422. The molecule has 1 unspecified atom stereocenters. The minimum Gasteiger partial charge on any atom is -0.143 e. The van der Waals surface area contributed by atoms with Gasteiger partial charge in [-0.25, -0.2) is 0 Å². The van der Waals surface area contributed by atoms with Gasteiger partial charge in [0.2, 0.25) is 0 Å². The van der Waals surface area contributed by atoms with Crippen LogP contribution >= 0.6 is 23.1 Å². The Kier molecular flexibility index (Phi) is 3.83. The van der Waals surface area contributed by atoms with Crippen molar-refractivity contribution in [2.24, 2.45) is 0 Å². The van der Waals surface area contributed by atoms with E-state index in [2.05, 4.69) is 39.5 Å². The molecular formula is C11H17N4S2+. The first-order valence-corrected chi connectivity index (χ1v) is 7.27. The van der Waals surface area contributed by atoms with Gasteiger partial charge in [-0.15, -0.1) is 5.10 Å². The van der Waals surface area contributed by atoms with Crippen molar-refractivity contribution in [3.8, 4) is 0 Å². The first-order chi connectivity index (χ1) is 8.08. The Bertz CT molecular complexity index is 489. The third kappa shape index (κ3) is 2.87. The lowest BCUT2D eigenvalue weighted by atomic mass is 10.1. The fraction of sp³-hybridized carbons (Fsp3) is 0.636. The van der Waals surface area contributed by atoms with Crippen LogP contribution in [0.4, 0.5) is 0 Å². The van der Waals surface area contributed by atoms with E-state index in [0.717, 1.165) is 12.2 Å². The number of rotatable bonds is 4. The molecule has 0 fully saturated rings. The number of hydrogen-bond acceptors (Lipinski definition) is 5. The fourth-order valence-electron chi connectivity index (χ4n) is 1.63. The van der Waals surface area contributed by atoms with Gasteiger partial charge in [0.15, 0.2) is 18.1 Å². The highest BCUT2D eigenvalue weighted by Crippen LogP contribution is 2.22. The van der Waals surface area contributed by atoms with E-state index in [-0.39, 0.29) is 0 Å². The lowest BCUT2D eigenvalue weighted by Crippen LogP contribution is -2.34. The van der Waals surface area contributed by atoms with Crippen LogP contribution in [-0.2, 0) is 6.54 Å². The number of nitrogens with zero attached hydrogens (tertiary/aromatic N) is 4. The summed E-state index contributed by atoms with van der Waals surface area (Å²) in [7, 11) is 0. The largest absolute Gasteiger partial charge is 0.196 e. The smallest absolute Gasteiger partial charge is 0.143 e. The summed E-state index contributed by atoms with van der Waals surface area (Å²) in [6.07, 6.45) is 1.97. The highest BCUT2D eigenvalue weighted by Gasteiger charge is 2.20. The molecule has 2 heterocycles. The third-order valence-electron chi connectivity index (χ3n) is 2.66. The molecule has 2 rings (SSSR count). The lowest BCUT2D eigenvalue weighted by Gasteiger charge is -2.01. The quantitative estimate of drug-likeness (QED) is 0.801. The van der Waals surface area contributed by atoms with Crippen molar-refractivity contribution < 1.29 is 4.07 Å². The predicted octanol–water partition coefficient (Wildman–Crippen LogP) is 2.52. The Hall–Kier alpha value is -0.880. The first kappa shape index (κ1) is 12.6. The molecule has 0 saturated heterocycles. The maximum Gasteiger partial charge on any atom is 0.196 e. The van der Waals surface area contributed by atoms with Crippen LogP contribution < -0.4 is 4.07 Å². The summed E-state index contributed by atoms with van der Waals surface area (Å²) in [5.41, 5.74) is 1.05. The van der Waals surface area contributed by atoms with Crippen molar-refractivity contribution in [2.75, 3.05) is 0 Å². The van der Waals surface area contributed by atoms with Gasteiger partial charge in [0.25, 0.3) is 0 Å². The molecule has 0 aromatic carbocycles. The summed E-state index contributed by atoms with van der Waals surface area (Å²) >= 11 is 3.23. The number of aryl methyl sites for hydroxylation is 1. The van der Waals surface area contributed by atoms with E-state index in [1.165, 1.54) is 21.3 Å². The van der Waals surface area contributed by atoms with Crippen LogP contribution in [0.15, 0.2) is 6.20 Å². The molecule has 92 valence electrons. The monoisotopic (exact) mass is 269 g/mol. The van der Waals surface area contributed by atoms with Crippen LogP contribution in [0.1, 0.15) is 48.1 Å². The van der Waals surface area contributed by atoms with E-state index in [1.54, 1.807) is 11.5 Å². The summed E-state index contributed by atoms with van der Waals surface area (Å²) < 4.78 is 6.04. The lowest BCUT2D eigenvalue weighted by molar-refractivity contribution is -0.691. The van der Waals surface area contributed by atoms with Crippen LogP contribution in [0, 0.1) is 6.92 Å². The van der Waals surface area contributed by atoms with E-state index in [1.807, 2.05) is 13.1 Å². The zero-order valence-electron chi connectivity index (χ0n) is 10.5. The molecule has 0 bridgehead atoms. The summed E-state index contributed by atoms with van der Waals surface area (Å²) in [6.45, 7) is 9.51. The minimum atomic E-state index is 0.422. The van der Waals surface area contributed by atoms with Gasteiger partial charge < -0.3 is 0 Å². The maximum absolute atomic E-state index is 4.42. The Labute approximate surface area is 110 Å². The topological polar surface area (TPSA) is 42.5 Å². The molecule has 0 N–H and O–H groups in total. The van der Waals surface area contributed by atoms with Crippen molar-refractivity contribution in [2.45, 2.75) is 46.1 Å². The van der Waals surface area contributed by atoms with Gasteiger partial charge >= 0.3 is 0 Å². The van der Waals surface area contributed by atoms with Gasteiger partial charge in [0.1, 0.15) is 6.20 Å². The molecule has 0 aliphatic heterocycles. The van der Waals surface area contributed by atoms with Crippen LogP contribution in [0.5, 0.6) is 0 Å². The standard InChI is InChI=1S/C11H17N4S2/c1-7(2)10-5-12-15(17-10)6-8(3)11-9(4)13-14-16-11/h5,7-8H,6H2,1-4H3/q+1. The van der Waals surface area contributed by atoms with Crippen LogP contribution in [0.25, 0.3) is 0 Å². The highest BCUT2D eigenvalue weighted by molar-refractivity contribution is 7.05. The fourth-order valence-corrected chi connectivity index (χ4v) is 3.25. The SMILES string of the molecule is Cc1nnsc1C(C)C[n+]1ncc(C(C)C)s1. The van der Waals surface area contributed by atoms with Gasteiger partial charge in [0, 0.05) is 5.10 Å². The second-order valence-electron chi connectivity index (χ2n) is 4.55. The van der Waals surface area contributed by atoms with Gasteiger partial charge in [-0.2, -0.15) is 0 Å². The molecule has 17 heavy (non-hydrogen) atoms. The molecule has 0 amide bonds. The summed E-state index contributed by atoms with van der Waals surface area (Å²) in [4.78, 5) is 2.59. The molecule has 0 spiro atoms. The molecule has 0 aliphatic rings. The van der Waals surface area contributed by atoms with E-state index in [4.69, 9.17) is 0 Å². The molecule has 2 aromatic rings. The molecule has 2 aromatic heterocycles. The molecule has 0 aliphatic carbocycles. The first-order valence-electron chi connectivity index (χ1n) is 5.73. The second kappa shape index (κ2) is 5.18. The van der Waals surface area contributed by atoms with Gasteiger partial charge in [-0.1, -0.05) is 25.3 Å². The Morgan fingerprint density at radius 1 is 1.35 bits per heavy atom. The van der Waals surface area contributed by atoms with E-state index < -0.39 is 0 Å². The zero-order valence-corrected chi connectivity index (χ0v) is 12.2. The average Bonchev–Trinajstić information content (AvgIpc) is 2.86. The summed E-state index contributed by atoms with van der Waals surface area (Å²) in [5.74, 6) is 0.974. The van der Waals surface area contributed by atoms with Crippen molar-refractivity contribution in [1.29, 1.82) is 0 Å². The summed E-state index contributed by atoms with van der Waals surface area (Å²) in [5, 5.41) is 8.47. The molecule has 0 saturated carbocycles. The van der Waals surface area contributed by atoms with E-state index in [9.17, 15) is 0 Å². The van der Waals surface area contributed by atoms with Crippen LogP contribution in [-0.4, -0.2) is 14.7 Å². The van der Waals surface area contributed by atoms with Gasteiger partial charge in [0.05, 0.1) is 21.4 Å². The van der Waals surface area contributed by atoms with Crippen molar-refractivity contribution in [3.63, 3.8) is 0 Å². The van der Waals surface area contributed by atoms with Crippen LogP contribution in [0.3, 0.4) is 0 Å². The summed E-state index contributed by atoms with van der Waals surface area (Å²) in [6, 6.07) is 0. The second-order valence-corrected chi connectivity index (χ2v) is 6.41. The molecule has 1 atom stereocenters. The Morgan fingerprint density at radius 3 is 2.65 bits per heavy atom. The average molecular weight is 269 g/mol. The highest BCUT2D eigenvalue weighted by atomic mass is 32.1. The number of aromatic nitrogens is 4. The molecular weight excluding hydrogens is 252 g/mol. The Balaban J connectivity index is 2.08. The zero-order chi connectivity index (χ0) is 12.4. The van der Waals surface area contributed by atoms with Gasteiger partial charge in [-0.05, 0) is 28.4 Å². The predicted molar refractivity (Wildman–Crippen MR) is 69.5 cm³/mol. The van der Waals surface area contributed by atoms with Crippen LogP contribution in [0.2, 0.25) is 0 Å². The van der Waals surface area contributed by atoms with E-state index in [0.29, 0.717) is 11.8 Å².